The monoisotopic (exact) mass is 562 g/mol. The van der Waals surface area contributed by atoms with Crippen molar-refractivity contribution in [2.75, 3.05) is 26.7 Å². The molecule has 12 nitrogen and oxygen atoms in total. The molecule has 0 aliphatic carbocycles. The second-order valence-electron chi connectivity index (χ2n) is 10.3. The van der Waals surface area contributed by atoms with E-state index in [1.54, 1.807) is 20.8 Å². The Kier molecular flexibility index (Phi) is 11.9. The highest BCUT2D eigenvalue weighted by Gasteiger charge is 2.43. The Morgan fingerprint density at radius 1 is 1.13 bits per heavy atom. The number of hydrogen-bond donors (Lipinski definition) is 4. The van der Waals surface area contributed by atoms with Crippen LogP contribution in [0.4, 0.5) is 18.0 Å². The molecule has 1 fully saturated rings. The molecule has 0 spiro atoms. The van der Waals surface area contributed by atoms with Crippen LogP contribution in [0.3, 0.4) is 0 Å². The van der Waals surface area contributed by atoms with Crippen molar-refractivity contribution in [1.82, 2.24) is 25.8 Å². The van der Waals surface area contributed by atoms with Crippen molar-refractivity contribution in [3.05, 3.63) is 12.7 Å². The summed E-state index contributed by atoms with van der Waals surface area (Å²) in [5.74, 6) is -4.85. The molecule has 1 aliphatic heterocycles. The molecule has 3 atom stereocenters. The third-order valence-corrected chi connectivity index (χ3v) is 6.05. The number of rotatable bonds is 12. The van der Waals surface area contributed by atoms with Gasteiger partial charge in [0, 0.05) is 26.6 Å². The lowest BCUT2D eigenvalue weighted by Crippen LogP contribution is -2.60. The molecule has 15 heteroatoms. The van der Waals surface area contributed by atoms with Crippen molar-refractivity contribution in [3.8, 4) is 0 Å². The quantitative estimate of drug-likeness (QED) is 0.196. The lowest BCUT2D eigenvalue weighted by molar-refractivity contribution is -0.146. The Morgan fingerprint density at radius 2 is 1.74 bits per heavy atom. The normalized spacial score (nSPS) is 17.0. The predicted octanol–water partition coefficient (Wildman–Crippen LogP) is 0.217. The molecule has 1 aliphatic rings. The topological polar surface area (TPSA) is 171 Å². The lowest BCUT2D eigenvalue weighted by atomic mass is 9.85. The Labute approximate surface area is 224 Å². The molecule has 1 saturated heterocycles. The fraction of sp³-hybridized carbons (Fsp3) is 0.667. The molecule has 0 aromatic rings. The minimum atomic E-state index is -4.64. The first-order valence-electron chi connectivity index (χ1n) is 12.3. The summed E-state index contributed by atoms with van der Waals surface area (Å²) in [6.45, 7) is 8.56. The molecule has 220 valence electrons. The highest BCUT2D eigenvalue weighted by atomic mass is 19.4. The van der Waals surface area contributed by atoms with Gasteiger partial charge < -0.3 is 31.5 Å². The molecule has 0 radical (unpaired) electrons. The van der Waals surface area contributed by atoms with Gasteiger partial charge in [-0.05, 0) is 24.7 Å². The molecule has 5 N–H and O–H groups in total. The van der Waals surface area contributed by atoms with Crippen LogP contribution in [0.15, 0.2) is 12.7 Å². The van der Waals surface area contributed by atoms with E-state index in [9.17, 15) is 41.9 Å². The van der Waals surface area contributed by atoms with Gasteiger partial charge in [0.2, 0.25) is 23.5 Å². The van der Waals surface area contributed by atoms with Gasteiger partial charge in [-0.2, -0.15) is 13.2 Å². The maximum absolute atomic E-state index is 13.5. The van der Waals surface area contributed by atoms with Crippen LogP contribution in [-0.2, 0) is 24.0 Å². The van der Waals surface area contributed by atoms with Gasteiger partial charge in [-0.15, -0.1) is 6.58 Å². The van der Waals surface area contributed by atoms with Gasteiger partial charge in [-0.25, -0.2) is 4.79 Å². The maximum Gasteiger partial charge on any atom is 0.389 e. The number of primary amides is 1. The molecule has 1 heterocycles. The van der Waals surface area contributed by atoms with E-state index in [0.29, 0.717) is 6.42 Å². The number of carbonyl (C=O) groups excluding carboxylic acids is 6. The van der Waals surface area contributed by atoms with E-state index < -0.39 is 78.0 Å². The summed E-state index contributed by atoms with van der Waals surface area (Å²) >= 11 is 0. The predicted molar refractivity (Wildman–Crippen MR) is 134 cm³/mol. The van der Waals surface area contributed by atoms with Gasteiger partial charge in [0.05, 0.1) is 12.6 Å². The zero-order valence-corrected chi connectivity index (χ0v) is 22.5. The molecule has 6 amide bonds. The standard InChI is InChI=1S/C24H37F3N6O6/c1-6-11-32(5)16(34)13-29-22(39)31-18(23(2,3)4)21(38)33-12-7-8-15(33)20(37)30-14(17(35)19(28)36)9-10-24(25,26)27/h6,14-15,18H,1,7-13H2,2-5H3,(H2,28,36)(H,30,37)(H2,29,31,39)/t14?,15-,18?/m0/s1. The summed E-state index contributed by atoms with van der Waals surface area (Å²) in [5, 5.41) is 7.04. The van der Waals surface area contributed by atoms with Gasteiger partial charge in [0.15, 0.2) is 0 Å². The SMILES string of the molecule is C=CCN(C)C(=O)CNC(=O)NC(C(=O)N1CCC[C@H]1C(=O)NC(CCC(F)(F)F)C(=O)C(N)=O)C(C)(C)C. The number of alkyl halides is 3. The number of halogens is 3. The van der Waals surface area contributed by atoms with E-state index in [0.717, 1.165) is 0 Å². The van der Waals surface area contributed by atoms with E-state index >= 15 is 0 Å². The Hall–Kier alpha value is -3.65. The van der Waals surface area contributed by atoms with Crippen LogP contribution in [0.25, 0.3) is 0 Å². The average Bonchev–Trinajstić information content (AvgIpc) is 3.31. The van der Waals surface area contributed by atoms with E-state index in [1.807, 2.05) is 0 Å². The van der Waals surface area contributed by atoms with Gasteiger partial charge in [-0.1, -0.05) is 26.8 Å². The van der Waals surface area contributed by atoms with Crippen LogP contribution >= 0.6 is 0 Å². The highest BCUT2D eigenvalue weighted by Crippen LogP contribution is 2.27. The van der Waals surface area contributed by atoms with Crippen molar-refractivity contribution in [3.63, 3.8) is 0 Å². The molecular weight excluding hydrogens is 525 g/mol. The molecule has 1 rings (SSSR count). The first-order valence-corrected chi connectivity index (χ1v) is 12.3. The fourth-order valence-corrected chi connectivity index (χ4v) is 3.90. The van der Waals surface area contributed by atoms with Crippen molar-refractivity contribution >= 4 is 35.4 Å². The zero-order valence-electron chi connectivity index (χ0n) is 22.5. The number of Topliss-reactive ketones (excluding diaryl/α,β-unsaturated/α-hetero) is 1. The van der Waals surface area contributed by atoms with E-state index in [4.69, 9.17) is 5.73 Å². The van der Waals surface area contributed by atoms with Crippen molar-refractivity contribution in [1.29, 1.82) is 0 Å². The van der Waals surface area contributed by atoms with Crippen molar-refractivity contribution in [2.24, 2.45) is 11.1 Å². The van der Waals surface area contributed by atoms with Crippen molar-refractivity contribution in [2.45, 2.75) is 70.8 Å². The van der Waals surface area contributed by atoms with Gasteiger partial charge in [0.25, 0.3) is 5.91 Å². The second-order valence-corrected chi connectivity index (χ2v) is 10.3. The molecular formula is C24H37F3N6O6. The van der Waals surface area contributed by atoms with E-state index in [2.05, 4.69) is 22.5 Å². The summed E-state index contributed by atoms with van der Waals surface area (Å²) in [6, 6.07) is -4.92. The summed E-state index contributed by atoms with van der Waals surface area (Å²) in [4.78, 5) is 76.9. The first-order chi connectivity index (χ1) is 17.9. The van der Waals surface area contributed by atoms with Gasteiger partial charge >= 0.3 is 12.2 Å². The van der Waals surface area contributed by atoms with Crippen LogP contribution in [0.2, 0.25) is 0 Å². The molecule has 0 aromatic carbocycles. The largest absolute Gasteiger partial charge is 0.389 e. The number of nitrogens with zero attached hydrogens (tertiary/aromatic N) is 2. The molecule has 0 bridgehead atoms. The highest BCUT2D eigenvalue weighted by molar-refractivity contribution is 6.37. The number of urea groups is 1. The lowest BCUT2D eigenvalue weighted by Gasteiger charge is -2.35. The van der Waals surface area contributed by atoms with E-state index in [1.165, 1.54) is 22.9 Å². The van der Waals surface area contributed by atoms with Crippen LogP contribution in [0, 0.1) is 5.41 Å². The number of nitrogens with one attached hydrogen (secondary N) is 3. The van der Waals surface area contributed by atoms with Gasteiger partial charge in [0.1, 0.15) is 12.1 Å². The molecule has 0 aromatic heterocycles. The summed E-state index contributed by atoms with van der Waals surface area (Å²) in [7, 11) is 1.52. The molecule has 0 saturated carbocycles. The Balaban J connectivity index is 3.00. The van der Waals surface area contributed by atoms with Crippen LogP contribution in [0.5, 0.6) is 0 Å². The van der Waals surface area contributed by atoms with E-state index in [-0.39, 0.29) is 26.1 Å². The number of hydrogen-bond acceptors (Lipinski definition) is 6. The number of likely N-dealkylation sites (tertiary alicyclic amines) is 1. The summed E-state index contributed by atoms with van der Waals surface area (Å²) in [5.41, 5.74) is 4.08. The third-order valence-electron chi connectivity index (χ3n) is 6.05. The summed E-state index contributed by atoms with van der Waals surface area (Å²) < 4.78 is 38.1. The maximum atomic E-state index is 13.5. The Morgan fingerprint density at radius 3 is 2.26 bits per heavy atom. The minimum Gasteiger partial charge on any atom is -0.363 e. The second kappa shape index (κ2) is 13.9. The number of nitrogens with two attached hydrogens (primary N) is 1. The Bertz CT molecular complexity index is 965. The molecule has 39 heavy (non-hydrogen) atoms. The average molecular weight is 563 g/mol. The first kappa shape index (κ1) is 33.4. The van der Waals surface area contributed by atoms with Crippen LogP contribution < -0.4 is 21.7 Å². The smallest absolute Gasteiger partial charge is 0.363 e. The number of likely N-dealkylation sites (N-methyl/N-ethyl adjacent to an activating group) is 1. The molecule has 2 unspecified atom stereocenters. The number of carbonyl (C=O) groups is 6. The number of amides is 6. The summed E-state index contributed by atoms with van der Waals surface area (Å²) in [6.07, 6.45) is -4.97. The van der Waals surface area contributed by atoms with Gasteiger partial charge in [-0.3, -0.25) is 24.0 Å². The van der Waals surface area contributed by atoms with Crippen LogP contribution in [0.1, 0.15) is 46.5 Å². The van der Waals surface area contributed by atoms with Crippen LogP contribution in [-0.4, -0.2) is 96.2 Å². The fourth-order valence-electron chi connectivity index (χ4n) is 3.90. The van der Waals surface area contributed by atoms with Crippen molar-refractivity contribution < 1.29 is 41.9 Å². The number of ketones is 1. The zero-order chi connectivity index (χ0) is 30.1. The third kappa shape index (κ3) is 10.6. The minimum absolute atomic E-state index is 0.106.